The van der Waals surface area contributed by atoms with Crippen molar-refractivity contribution in [1.29, 1.82) is 0 Å². The van der Waals surface area contributed by atoms with E-state index >= 15 is 0 Å². The zero-order chi connectivity index (χ0) is 15.0. The summed E-state index contributed by atoms with van der Waals surface area (Å²) in [7, 11) is 0. The van der Waals surface area contributed by atoms with Crippen LogP contribution >= 0.6 is 0 Å². The number of halogens is 1. The van der Waals surface area contributed by atoms with Gasteiger partial charge in [-0.3, -0.25) is 4.79 Å². The maximum atomic E-state index is 14.0. The van der Waals surface area contributed by atoms with E-state index in [1.807, 2.05) is 24.3 Å². The Morgan fingerprint density at radius 3 is 2.81 bits per heavy atom. The second-order valence-corrected chi connectivity index (χ2v) is 5.59. The highest BCUT2D eigenvalue weighted by atomic mass is 19.1. The second-order valence-electron chi connectivity index (χ2n) is 5.59. The van der Waals surface area contributed by atoms with E-state index in [0.29, 0.717) is 18.2 Å². The second kappa shape index (κ2) is 5.20. The normalized spacial score (nSPS) is 17.4. The Hall–Kier alpha value is -2.36. The molecule has 3 rings (SSSR count). The summed E-state index contributed by atoms with van der Waals surface area (Å²) in [5.41, 5.74) is 7.92. The van der Waals surface area contributed by atoms with Gasteiger partial charge in [0.25, 0.3) is 5.91 Å². The van der Waals surface area contributed by atoms with Crippen molar-refractivity contribution in [1.82, 2.24) is 0 Å². The number of nitrogen functional groups attached to an aromatic ring is 1. The summed E-state index contributed by atoms with van der Waals surface area (Å²) in [6, 6.07) is 12.0. The van der Waals surface area contributed by atoms with Crippen LogP contribution in [0.25, 0.3) is 0 Å². The van der Waals surface area contributed by atoms with Crippen LogP contribution in [0.4, 0.5) is 15.8 Å². The highest BCUT2D eigenvalue weighted by Crippen LogP contribution is 2.31. The Morgan fingerprint density at radius 2 is 2.05 bits per heavy atom. The number of nitrogens with two attached hydrogens (primary N) is 1. The van der Waals surface area contributed by atoms with Crippen molar-refractivity contribution in [3.63, 3.8) is 0 Å². The van der Waals surface area contributed by atoms with E-state index < -0.39 is 5.82 Å². The number of carbonyl (C=O) groups excluding carboxylic acids is 1. The predicted molar refractivity (Wildman–Crippen MR) is 81.8 cm³/mol. The smallest absolute Gasteiger partial charge is 0.261 e. The maximum Gasteiger partial charge on any atom is 0.261 e. The third-order valence-electron chi connectivity index (χ3n) is 3.81. The lowest BCUT2D eigenvalue weighted by Crippen LogP contribution is -2.39. The minimum absolute atomic E-state index is 0.0631. The van der Waals surface area contributed by atoms with Crippen molar-refractivity contribution < 1.29 is 9.18 Å². The van der Waals surface area contributed by atoms with E-state index in [4.69, 9.17) is 5.73 Å². The van der Waals surface area contributed by atoms with Gasteiger partial charge >= 0.3 is 0 Å². The fourth-order valence-electron chi connectivity index (χ4n) is 2.84. The molecule has 1 heterocycles. The Bertz CT molecular complexity index is 699. The fraction of sp³-hybridized carbons (Fsp3) is 0.235. The standard InChI is InChI=1S/C17H17FN2O/c1-11-8-12-4-2-3-5-16(12)20(10-11)17(21)14-7-6-13(19)9-15(14)18/h2-7,9,11H,8,10,19H2,1H3. The molecule has 0 bridgehead atoms. The largest absolute Gasteiger partial charge is 0.399 e. The Balaban J connectivity index is 2.02. The third-order valence-corrected chi connectivity index (χ3v) is 3.81. The quantitative estimate of drug-likeness (QED) is 0.817. The number of hydrogen-bond acceptors (Lipinski definition) is 2. The molecule has 2 aromatic rings. The van der Waals surface area contributed by atoms with E-state index in [1.54, 1.807) is 11.0 Å². The van der Waals surface area contributed by atoms with Crippen molar-refractivity contribution in [2.24, 2.45) is 5.92 Å². The monoisotopic (exact) mass is 284 g/mol. The summed E-state index contributed by atoms with van der Waals surface area (Å²) in [6.07, 6.45) is 0.935. The van der Waals surface area contributed by atoms with Crippen LogP contribution in [0.3, 0.4) is 0 Å². The van der Waals surface area contributed by atoms with Crippen LogP contribution in [-0.4, -0.2) is 12.5 Å². The summed E-state index contributed by atoms with van der Waals surface area (Å²) in [5.74, 6) is -0.539. The first-order chi connectivity index (χ1) is 10.1. The molecule has 0 spiro atoms. The molecule has 1 aliphatic heterocycles. The van der Waals surface area contributed by atoms with Crippen molar-refractivity contribution in [2.45, 2.75) is 13.3 Å². The van der Waals surface area contributed by atoms with Gasteiger partial charge in [-0.25, -0.2) is 4.39 Å². The molecule has 0 saturated heterocycles. The molecule has 2 aromatic carbocycles. The molecule has 0 radical (unpaired) electrons. The number of fused-ring (bicyclic) bond motifs is 1. The molecule has 3 nitrogen and oxygen atoms in total. The number of para-hydroxylation sites is 1. The van der Waals surface area contributed by atoms with Crippen molar-refractivity contribution in [3.05, 3.63) is 59.4 Å². The van der Waals surface area contributed by atoms with Crippen LogP contribution < -0.4 is 10.6 Å². The molecule has 4 heteroatoms. The van der Waals surface area contributed by atoms with Gasteiger partial charge in [0, 0.05) is 17.9 Å². The van der Waals surface area contributed by atoms with Crippen molar-refractivity contribution in [3.8, 4) is 0 Å². The van der Waals surface area contributed by atoms with Crippen LogP contribution in [0.15, 0.2) is 42.5 Å². The summed E-state index contributed by atoms with van der Waals surface area (Å²) in [5, 5.41) is 0. The Morgan fingerprint density at radius 1 is 1.29 bits per heavy atom. The highest BCUT2D eigenvalue weighted by molar-refractivity contribution is 6.07. The zero-order valence-electron chi connectivity index (χ0n) is 11.8. The van der Waals surface area contributed by atoms with Crippen LogP contribution in [0.5, 0.6) is 0 Å². The van der Waals surface area contributed by atoms with Crippen molar-refractivity contribution >= 4 is 17.3 Å². The first-order valence-corrected chi connectivity index (χ1v) is 7.01. The van der Waals surface area contributed by atoms with Crippen LogP contribution in [0.2, 0.25) is 0 Å². The lowest BCUT2D eigenvalue weighted by Gasteiger charge is -2.33. The number of carbonyl (C=O) groups is 1. The SMILES string of the molecule is CC1Cc2ccccc2N(C(=O)c2ccc(N)cc2F)C1. The summed E-state index contributed by atoms with van der Waals surface area (Å²) in [6.45, 7) is 2.69. The Labute approximate surface area is 123 Å². The topological polar surface area (TPSA) is 46.3 Å². The minimum Gasteiger partial charge on any atom is -0.399 e. The van der Waals surface area contributed by atoms with Gasteiger partial charge in [-0.2, -0.15) is 0 Å². The number of hydrogen-bond donors (Lipinski definition) is 1. The lowest BCUT2D eigenvalue weighted by molar-refractivity contribution is 0.0977. The zero-order valence-corrected chi connectivity index (χ0v) is 11.8. The number of benzene rings is 2. The molecule has 108 valence electrons. The average molecular weight is 284 g/mol. The van der Waals surface area contributed by atoms with Gasteiger partial charge in [-0.05, 0) is 42.2 Å². The average Bonchev–Trinajstić information content (AvgIpc) is 2.45. The van der Waals surface area contributed by atoms with Gasteiger partial charge in [0.2, 0.25) is 0 Å². The molecule has 0 aromatic heterocycles. The van der Waals surface area contributed by atoms with E-state index in [0.717, 1.165) is 17.7 Å². The number of amides is 1. The molecule has 0 saturated carbocycles. The molecular weight excluding hydrogens is 267 g/mol. The molecule has 1 amide bonds. The fourth-order valence-corrected chi connectivity index (χ4v) is 2.84. The maximum absolute atomic E-state index is 14.0. The van der Waals surface area contributed by atoms with E-state index in [-0.39, 0.29) is 11.5 Å². The first-order valence-electron chi connectivity index (χ1n) is 7.01. The predicted octanol–water partition coefficient (Wildman–Crippen LogP) is 3.25. The van der Waals surface area contributed by atoms with Gasteiger partial charge in [0.15, 0.2) is 0 Å². The van der Waals surface area contributed by atoms with Gasteiger partial charge in [0.1, 0.15) is 5.82 Å². The number of anilines is 2. The third kappa shape index (κ3) is 2.49. The van der Waals surface area contributed by atoms with E-state index in [9.17, 15) is 9.18 Å². The van der Waals surface area contributed by atoms with Gasteiger partial charge in [0.05, 0.1) is 5.56 Å². The van der Waals surface area contributed by atoms with Crippen LogP contribution in [0.1, 0.15) is 22.8 Å². The molecule has 1 aliphatic rings. The summed E-state index contributed by atoms with van der Waals surface area (Å²) < 4.78 is 14.0. The van der Waals surface area contributed by atoms with Crippen LogP contribution in [0, 0.1) is 11.7 Å². The summed E-state index contributed by atoms with van der Waals surface area (Å²) >= 11 is 0. The van der Waals surface area contributed by atoms with Gasteiger partial charge in [-0.1, -0.05) is 25.1 Å². The molecule has 21 heavy (non-hydrogen) atoms. The molecular formula is C17H17FN2O. The molecule has 0 aliphatic carbocycles. The molecule has 1 unspecified atom stereocenters. The molecule has 2 N–H and O–H groups in total. The molecule has 0 fully saturated rings. The van der Waals surface area contributed by atoms with Crippen LogP contribution in [-0.2, 0) is 6.42 Å². The van der Waals surface area contributed by atoms with E-state index in [1.165, 1.54) is 12.1 Å². The number of rotatable bonds is 1. The van der Waals surface area contributed by atoms with Gasteiger partial charge in [-0.15, -0.1) is 0 Å². The highest BCUT2D eigenvalue weighted by Gasteiger charge is 2.28. The lowest BCUT2D eigenvalue weighted by atomic mass is 9.93. The van der Waals surface area contributed by atoms with Crippen molar-refractivity contribution in [2.75, 3.05) is 17.2 Å². The molecule has 1 atom stereocenters. The van der Waals surface area contributed by atoms with Gasteiger partial charge < -0.3 is 10.6 Å². The minimum atomic E-state index is -0.573. The number of nitrogens with zero attached hydrogens (tertiary/aromatic N) is 1. The first kappa shape index (κ1) is 13.6. The Kier molecular flexibility index (Phi) is 3.37. The summed E-state index contributed by atoms with van der Waals surface area (Å²) in [4.78, 5) is 14.4. The van der Waals surface area contributed by atoms with E-state index in [2.05, 4.69) is 6.92 Å².